The van der Waals surface area contributed by atoms with Gasteiger partial charge in [0.1, 0.15) is 5.54 Å². The molecule has 39 heavy (non-hydrogen) atoms. The van der Waals surface area contributed by atoms with Gasteiger partial charge in [-0.3, -0.25) is 19.4 Å². The fourth-order valence-corrected chi connectivity index (χ4v) is 5.69. The number of carbonyl (C=O) groups is 2. The second-order valence-electron chi connectivity index (χ2n) is 10.9. The zero-order valence-electron chi connectivity index (χ0n) is 22.5. The number of anilines is 2. The lowest BCUT2D eigenvalue weighted by Crippen LogP contribution is -2.55. The van der Waals surface area contributed by atoms with E-state index in [4.69, 9.17) is 4.74 Å². The van der Waals surface area contributed by atoms with Crippen molar-refractivity contribution in [3.63, 3.8) is 0 Å². The minimum absolute atomic E-state index is 0.0220. The molecule has 2 N–H and O–H groups in total. The Morgan fingerprint density at radius 2 is 1.56 bits per heavy atom. The van der Waals surface area contributed by atoms with Gasteiger partial charge >= 0.3 is 0 Å². The minimum atomic E-state index is -0.432. The van der Waals surface area contributed by atoms with Gasteiger partial charge in [0.2, 0.25) is 5.91 Å². The highest BCUT2D eigenvalue weighted by atomic mass is 16.5. The van der Waals surface area contributed by atoms with Crippen molar-refractivity contribution in [3.05, 3.63) is 83.9 Å². The number of benzene rings is 3. The Morgan fingerprint density at radius 1 is 0.872 bits per heavy atom. The molecule has 3 aromatic carbocycles. The number of carbonyl (C=O) groups excluding carboxylic acids is 2. The number of piperazine rings is 1. The summed E-state index contributed by atoms with van der Waals surface area (Å²) >= 11 is 0. The summed E-state index contributed by atoms with van der Waals surface area (Å²) in [5.41, 5.74) is 4.47. The minimum Gasteiger partial charge on any atom is -0.380 e. The number of nitrogens with one attached hydrogen (secondary N) is 2. The molecule has 2 saturated carbocycles. The lowest BCUT2D eigenvalue weighted by Gasteiger charge is -2.39. The van der Waals surface area contributed by atoms with Crippen LogP contribution in [0.5, 0.6) is 0 Å². The molecule has 3 aliphatic rings. The van der Waals surface area contributed by atoms with Gasteiger partial charge < -0.3 is 15.4 Å². The molecule has 7 nitrogen and oxygen atoms in total. The van der Waals surface area contributed by atoms with Crippen molar-refractivity contribution >= 4 is 23.2 Å². The number of rotatable bonds is 9. The van der Waals surface area contributed by atoms with Gasteiger partial charge in [0, 0.05) is 61.8 Å². The first kappa shape index (κ1) is 25.7. The third kappa shape index (κ3) is 5.62. The Hall–Kier alpha value is -3.52. The lowest BCUT2D eigenvalue weighted by atomic mass is 10.1. The van der Waals surface area contributed by atoms with Crippen LogP contribution in [0.15, 0.2) is 72.8 Å². The first-order valence-corrected chi connectivity index (χ1v) is 13.9. The predicted molar refractivity (Wildman–Crippen MR) is 154 cm³/mol. The normalized spacial score (nSPS) is 18.9. The molecule has 0 bridgehead atoms. The van der Waals surface area contributed by atoms with Gasteiger partial charge in [-0.2, -0.15) is 0 Å². The van der Waals surface area contributed by atoms with E-state index in [1.165, 1.54) is 12.8 Å². The lowest BCUT2D eigenvalue weighted by molar-refractivity contribution is -0.123. The molecular formula is C32H36N4O3. The average molecular weight is 525 g/mol. The van der Waals surface area contributed by atoms with Gasteiger partial charge in [0.25, 0.3) is 5.91 Å². The van der Waals surface area contributed by atoms with Crippen molar-refractivity contribution < 1.29 is 14.3 Å². The van der Waals surface area contributed by atoms with Crippen LogP contribution in [0.3, 0.4) is 0 Å². The van der Waals surface area contributed by atoms with Crippen molar-refractivity contribution in [2.75, 3.05) is 43.9 Å². The van der Waals surface area contributed by atoms with Crippen LogP contribution in [-0.2, 0) is 16.1 Å². The molecule has 7 heteroatoms. The Bertz CT molecular complexity index is 1330. The molecular weight excluding hydrogens is 488 g/mol. The van der Waals surface area contributed by atoms with Crippen LogP contribution in [0.1, 0.15) is 41.6 Å². The van der Waals surface area contributed by atoms with Crippen molar-refractivity contribution in [1.82, 2.24) is 9.80 Å². The number of hydrogen-bond donors (Lipinski definition) is 2. The van der Waals surface area contributed by atoms with Gasteiger partial charge in [-0.1, -0.05) is 48.5 Å². The summed E-state index contributed by atoms with van der Waals surface area (Å²) in [4.78, 5) is 31.7. The van der Waals surface area contributed by atoms with E-state index in [-0.39, 0.29) is 11.8 Å². The highest BCUT2D eigenvalue weighted by molar-refractivity contribution is 6.06. The summed E-state index contributed by atoms with van der Waals surface area (Å²) in [5.74, 6) is -0.201. The largest absolute Gasteiger partial charge is 0.380 e. The second-order valence-corrected chi connectivity index (χ2v) is 10.9. The Morgan fingerprint density at radius 3 is 2.21 bits per heavy atom. The number of hydrogen-bond acceptors (Lipinski definition) is 5. The number of ether oxygens (including phenoxy) is 1. The zero-order chi connectivity index (χ0) is 26.8. The summed E-state index contributed by atoms with van der Waals surface area (Å²) in [5, 5.41) is 6.16. The fourth-order valence-electron chi connectivity index (χ4n) is 5.69. The summed E-state index contributed by atoms with van der Waals surface area (Å²) in [6, 6.07) is 24.1. The Kier molecular flexibility index (Phi) is 7.21. The first-order valence-electron chi connectivity index (χ1n) is 13.9. The van der Waals surface area contributed by atoms with Crippen LogP contribution in [0.4, 0.5) is 11.4 Å². The van der Waals surface area contributed by atoms with E-state index in [2.05, 4.69) is 32.6 Å². The molecule has 1 heterocycles. The molecule has 0 aromatic heterocycles. The topological polar surface area (TPSA) is 73.9 Å². The third-order valence-electron chi connectivity index (χ3n) is 8.30. The first-order chi connectivity index (χ1) is 19.1. The number of methoxy groups -OCH3 is 1. The molecule has 1 aliphatic heterocycles. The van der Waals surface area contributed by atoms with Crippen LogP contribution in [0, 0.1) is 0 Å². The Balaban J connectivity index is 1.14. The summed E-state index contributed by atoms with van der Waals surface area (Å²) in [6.45, 7) is 4.29. The maximum Gasteiger partial charge on any atom is 0.255 e. The highest BCUT2D eigenvalue weighted by Crippen LogP contribution is 2.44. The molecule has 0 spiro atoms. The van der Waals surface area contributed by atoms with E-state index in [0.717, 1.165) is 61.8 Å². The van der Waals surface area contributed by atoms with Crippen molar-refractivity contribution in [3.8, 4) is 11.1 Å². The molecule has 3 aromatic rings. The number of nitrogens with zero attached hydrogens (tertiary/aromatic N) is 2. The predicted octanol–water partition coefficient (Wildman–Crippen LogP) is 5.00. The highest BCUT2D eigenvalue weighted by Gasteiger charge is 2.55. The molecule has 0 radical (unpaired) electrons. The molecule has 2 aliphatic carbocycles. The van der Waals surface area contributed by atoms with Gasteiger partial charge in [-0.25, -0.2) is 0 Å². The molecule has 6 rings (SSSR count). The SMILES string of the molecule is COCc1ccc(C(=O)Nc2ccc(-c3ccccc3)cc2)cc1NC(=O)C1(N2CCN(C3CC3)CC2)CC1. The van der Waals surface area contributed by atoms with E-state index < -0.39 is 5.54 Å². The monoisotopic (exact) mass is 524 g/mol. The molecule has 2 amide bonds. The molecule has 0 atom stereocenters. The molecule has 202 valence electrons. The van der Waals surface area contributed by atoms with Crippen LogP contribution in [-0.4, -0.2) is 66.5 Å². The molecule has 3 fully saturated rings. The van der Waals surface area contributed by atoms with Crippen molar-refractivity contribution in [2.45, 2.75) is 43.9 Å². The van der Waals surface area contributed by atoms with Gasteiger partial charge in [-0.15, -0.1) is 0 Å². The van der Waals surface area contributed by atoms with Crippen LogP contribution < -0.4 is 10.6 Å². The quantitative estimate of drug-likeness (QED) is 0.412. The zero-order valence-corrected chi connectivity index (χ0v) is 22.5. The maximum absolute atomic E-state index is 13.6. The maximum atomic E-state index is 13.6. The summed E-state index contributed by atoms with van der Waals surface area (Å²) in [6.07, 6.45) is 4.38. The van der Waals surface area contributed by atoms with E-state index >= 15 is 0 Å². The standard InChI is InChI=1S/C32H36N4O3/c1-39-22-26-8-7-25(30(37)33-27-11-9-24(10-12-27)23-5-3-2-4-6-23)21-29(26)34-31(38)32(15-16-32)36-19-17-35(18-20-36)28-13-14-28/h2-12,21,28H,13-20,22H2,1H3,(H,33,37)(H,34,38). The third-order valence-corrected chi connectivity index (χ3v) is 8.30. The number of amides is 2. The summed E-state index contributed by atoms with van der Waals surface area (Å²) < 4.78 is 5.38. The van der Waals surface area contributed by atoms with Crippen molar-refractivity contribution in [2.24, 2.45) is 0 Å². The molecule has 1 saturated heterocycles. The second kappa shape index (κ2) is 10.9. The van der Waals surface area contributed by atoms with E-state index in [9.17, 15) is 9.59 Å². The summed E-state index contributed by atoms with van der Waals surface area (Å²) in [7, 11) is 1.63. The molecule has 0 unspecified atom stereocenters. The van der Waals surface area contributed by atoms with Gasteiger partial charge in [0.05, 0.1) is 6.61 Å². The van der Waals surface area contributed by atoms with Crippen LogP contribution >= 0.6 is 0 Å². The van der Waals surface area contributed by atoms with Gasteiger partial charge in [-0.05, 0) is 61.1 Å². The Labute approximate surface area is 230 Å². The van der Waals surface area contributed by atoms with Crippen LogP contribution in [0.2, 0.25) is 0 Å². The average Bonchev–Trinajstić information content (AvgIpc) is 3.89. The van der Waals surface area contributed by atoms with Crippen molar-refractivity contribution in [1.29, 1.82) is 0 Å². The van der Waals surface area contributed by atoms with Crippen LogP contribution in [0.25, 0.3) is 11.1 Å². The van der Waals surface area contributed by atoms with E-state index in [0.29, 0.717) is 23.5 Å². The fraction of sp³-hybridized carbons (Fsp3) is 0.375. The smallest absolute Gasteiger partial charge is 0.255 e. The van der Waals surface area contributed by atoms with E-state index in [1.807, 2.05) is 48.5 Å². The van der Waals surface area contributed by atoms with Gasteiger partial charge in [0.15, 0.2) is 0 Å². The van der Waals surface area contributed by atoms with E-state index in [1.54, 1.807) is 19.2 Å².